The van der Waals surface area contributed by atoms with Gasteiger partial charge in [0.2, 0.25) is 0 Å². The van der Waals surface area contributed by atoms with E-state index in [9.17, 15) is 23.6 Å². The fraction of sp³-hybridized carbons (Fsp3) is 0.300. The molecule has 134 valence electrons. The Bertz CT molecular complexity index is 988. The van der Waals surface area contributed by atoms with Crippen LogP contribution in [0.4, 0.5) is 0 Å². The molecule has 0 saturated heterocycles. The summed E-state index contributed by atoms with van der Waals surface area (Å²) in [5, 5.41) is 18.0. The molecule has 5 nitrogen and oxygen atoms in total. The highest BCUT2D eigenvalue weighted by Crippen LogP contribution is 2.64. The summed E-state index contributed by atoms with van der Waals surface area (Å²) in [7, 11) is -3.96. The Kier molecular flexibility index (Phi) is 4.37. The van der Waals surface area contributed by atoms with Gasteiger partial charge in [0, 0.05) is 5.92 Å². The van der Waals surface area contributed by atoms with Gasteiger partial charge in [-0.2, -0.15) is 5.26 Å². The molecule has 1 aliphatic carbocycles. The van der Waals surface area contributed by atoms with Crippen LogP contribution in [0.25, 0.3) is 0 Å². The molecule has 2 aromatic rings. The van der Waals surface area contributed by atoms with Gasteiger partial charge in [-0.15, -0.1) is 0 Å². The molecule has 1 N–H and O–H groups in total. The molecule has 0 radical (unpaired) electrons. The second-order valence-electron chi connectivity index (χ2n) is 6.64. The zero-order chi connectivity index (χ0) is 19.1. The number of benzene rings is 2. The summed E-state index contributed by atoms with van der Waals surface area (Å²) in [6.07, 6.45) is 0.818. The molecule has 1 saturated carbocycles. The molecule has 1 fully saturated rings. The van der Waals surface area contributed by atoms with E-state index >= 15 is 0 Å². The number of hydrogen-bond acceptors (Lipinski definition) is 4. The number of nitrogens with zero attached hydrogens (tertiary/aromatic N) is 1. The van der Waals surface area contributed by atoms with Crippen molar-refractivity contribution in [3.8, 4) is 6.07 Å². The summed E-state index contributed by atoms with van der Waals surface area (Å²) in [6, 6.07) is 15.2. The highest BCUT2D eigenvalue weighted by atomic mass is 32.2. The van der Waals surface area contributed by atoms with Gasteiger partial charge in [0.05, 0.1) is 11.0 Å². The molecular weight excluding hydrogens is 350 g/mol. The van der Waals surface area contributed by atoms with Gasteiger partial charge in [0.15, 0.2) is 15.3 Å². The first-order valence-electron chi connectivity index (χ1n) is 8.33. The third-order valence-corrected chi connectivity index (χ3v) is 7.34. The van der Waals surface area contributed by atoms with Crippen molar-refractivity contribution in [1.82, 2.24) is 0 Å². The Labute approximate surface area is 152 Å². The van der Waals surface area contributed by atoms with Gasteiger partial charge in [0.25, 0.3) is 0 Å². The molecular formula is C20H19NO4S. The van der Waals surface area contributed by atoms with E-state index in [1.54, 1.807) is 30.3 Å². The molecule has 0 aliphatic heterocycles. The van der Waals surface area contributed by atoms with Crippen molar-refractivity contribution < 1.29 is 18.3 Å². The van der Waals surface area contributed by atoms with Crippen LogP contribution >= 0.6 is 0 Å². The number of aliphatic carboxylic acids is 1. The highest BCUT2D eigenvalue weighted by Gasteiger charge is 2.77. The predicted molar refractivity (Wildman–Crippen MR) is 96.4 cm³/mol. The lowest BCUT2D eigenvalue weighted by atomic mass is 9.99. The predicted octanol–water partition coefficient (Wildman–Crippen LogP) is 3.09. The molecule has 6 heteroatoms. The average Bonchev–Trinajstić information content (AvgIpc) is 3.34. The number of sulfone groups is 1. The van der Waals surface area contributed by atoms with Crippen molar-refractivity contribution in [2.45, 2.75) is 36.3 Å². The van der Waals surface area contributed by atoms with Gasteiger partial charge in [-0.05, 0) is 36.6 Å². The zero-order valence-corrected chi connectivity index (χ0v) is 15.3. The van der Waals surface area contributed by atoms with Gasteiger partial charge in [-0.25, -0.2) is 8.42 Å². The Hall–Kier alpha value is -2.65. The largest absolute Gasteiger partial charge is 0.480 e. The number of hydrogen-bond donors (Lipinski definition) is 1. The van der Waals surface area contributed by atoms with Crippen LogP contribution in [0, 0.1) is 23.7 Å². The summed E-state index contributed by atoms with van der Waals surface area (Å²) >= 11 is 0. The minimum atomic E-state index is -3.96. The lowest BCUT2D eigenvalue weighted by Gasteiger charge is -2.05. The van der Waals surface area contributed by atoms with Crippen LogP contribution in [0.3, 0.4) is 0 Å². The van der Waals surface area contributed by atoms with E-state index in [-0.39, 0.29) is 4.90 Å². The molecule has 1 aliphatic rings. The van der Waals surface area contributed by atoms with Gasteiger partial charge < -0.3 is 5.11 Å². The Balaban J connectivity index is 2.10. The van der Waals surface area contributed by atoms with Crippen LogP contribution in [-0.4, -0.2) is 24.7 Å². The smallest absolute Gasteiger partial charge is 0.326 e. The Morgan fingerprint density at radius 2 is 1.73 bits per heavy atom. The van der Waals surface area contributed by atoms with E-state index in [1.807, 2.05) is 26.0 Å². The fourth-order valence-corrected chi connectivity index (χ4v) is 5.74. The third kappa shape index (κ3) is 2.60. The fourth-order valence-electron chi connectivity index (χ4n) is 3.49. The first-order chi connectivity index (χ1) is 12.3. The molecule has 0 unspecified atom stereocenters. The third-order valence-electron chi connectivity index (χ3n) is 5.10. The normalized spacial score (nSPS) is 24.7. The van der Waals surface area contributed by atoms with E-state index in [4.69, 9.17) is 0 Å². The monoisotopic (exact) mass is 369 g/mol. The standard InChI is InChI=1S/C20H19NO4S/c1-3-14-6-8-15(9-7-14)17-18(20(17,12-21)19(22)23)26(24,25)16-10-4-13(2)5-11-16/h4-11,17-18H,3H2,1-2H3,(H,22,23)/t17-,18-,20-/m0/s1. The van der Waals surface area contributed by atoms with Crippen LogP contribution in [-0.2, 0) is 21.1 Å². The molecule has 0 aromatic heterocycles. The van der Waals surface area contributed by atoms with Crippen LogP contribution < -0.4 is 0 Å². The van der Waals surface area contributed by atoms with Crippen molar-refractivity contribution in [2.75, 3.05) is 0 Å². The first kappa shape index (κ1) is 18.2. The quantitative estimate of drug-likeness (QED) is 0.874. The minimum Gasteiger partial charge on any atom is -0.480 e. The van der Waals surface area contributed by atoms with Crippen molar-refractivity contribution in [3.63, 3.8) is 0 Å². The molecule has 0 spiro atoms. The summed E-state index contributed by atoms with van der Waals surface area (Å²) in [5.41, 5.74) is 0.561. The van der Waals surface area contributed by atoms with Crippen molar-refractivity contribution in [2.24, 2.45) is 5.41 Å². The van der Waals surface area contributed by atoms with Crippen molar-refractivity contribution >= 4 is 15.8 Å². The molecule has 0 bridgehead atoms. The molecule has 0 heterocycles. The SMILES string of the molecule is CCc1ccc([C@H]2[C@H](S(=O)(=O)c3ccc(C)cc3)[C@@]2(C#N)C(=O)O)cc1. The summed E-state index contributed by atoms with van der Waals surface area (Å²) in [4.78, 5) is 11.9. The molecule has 2 aromatic carbocycles. The maximum Gasteiger partial charge on any atom is 0.326 e. The van der Waals surface area contributed by atoms with E-state index in [1.165, 1.54) is 12.1 Å². The summed E-state index contributed by atoms with van der Waals surface area (Å²) in [5.74, 6) is -2.28. The highest BCUT2D eigenvalue weighted by molar-refractivity contribution is 7.92. The van der Waals surface area contributed by atoms with Crippen molar-refractivity contribution in [1.29, 1.82) is 5.26 Å². The van der Waals surface area contributed by atoms with Gasteiger partial charge in [-0.3, -0.25) is 4.79 Å². The second kappa shape index (κ2) is 6.26. The van der Waals surface area contributed by atoms with Crippen molar-refractivity contribution in [3.05, 3.63) is 65.2 Å². The zero-order valence-electron chi connectivity index (χ0n) is 14.5. The summed E-state index contributed by atoms with van der Waals surface area (Å²) < 4.78 is 26.2. The second-order valence-corrected chi connectivity index (χ2v) is 8.71. The van der Waals surface area contributed by atoms with Gasteiger partial charge in [0.1, 0.15) is 5.25 Å². The van der Waals surface area contributed by atoms with E-state index in [2.05, 4.69) is 0 Å². The lowest BCUT2D eigenvalue weighted by Crippen LogP contribution is -2.22. The Morgan fingerprint density at radius 1 is 1.15 bits per heavy atom. The summed E-state index contributed by atoms with van der Waals surface area (Å²) in [6.45, 7) is 3.83. The lowest BCUT2D eigenvalue weighted by molar-refractivity contribution is -0.141. The molecule has 26 heavy (non-hydrogen) atoms. The number of nitriles is 1. The molecule has 3 rings (SSSR count). The van der Waals surface area contributed by atoms with Gasteiger partial charge in [-0.1, -0.05) is 48.9 Å². The maximum atomic E-state index is 13.1. The van der Waals surface area contributed by atoms with Crippen LogP contribution in [0.15, 0.2) is 53.4 Å². The first-order valence-corrected chi connectivity index (χ1v) is 9.87. The van der Waals surface area contributed by atoms with Crippen LogP contribution in [0.1, 0.15) is 29.5 Å². The van der Waals surface area contributed by atoms with Crippen LogP contribution in [0.5, 0.6) is 0 Å². The van der Waals surface area contributed by atoms with Crippen LogP contribution in [0.2, 0.25) is 0 Å². The molecule has 3 atom stereocenters. The van der Waals surface area contributed by atoms with Gasteiger partial charge >= 0.3 is 5.97 Å². The number of rotatable bonds is 5. The average molecular weight is 369 g/mol. The number of carboxylic acid groups (broad SMARTS) is 1. The minimum absolute atomic E-state index is 0.0432. The topological polar surface area (TPSA) is 95.2 Å². The molecule has 0 amide bonds. The number of carboxylic acids is 1. The Morgan fingerprint density at radius 3 is 2.19 bits per heavy atom. The van der Waals surface area contributed by atoms with E-state index in [0.29, 0.717) is 5.56 Å². The van der Waals surface area contributed by atoms with E-state index in [0.717, 1.165) is 17.5 Å². The number of aryl methyl sites for hydroxylation is 2. The number of carbonyl (C=O) groups is 1. The van der Waals surface area contributed by atoms with E-state index < -0.39 is 32.4 Å². The maximum absolute atomic E-state index is 13.1.